The maximum absolute atomic E-state index is 12.7. The highest BCUT2D eigenvalue weighted by Crippen LogP contribution is 2.41. The van der Waals surface area contributed by atoms with Crippen molar-refractivity contribution in [1.29, 1.82) is 0 Å². The van der Waals surface area contributed by atoms with Crippen LogP contribution in [0.5, 0.6) is 0 Å². The van der Waals surface area contributed by atoms with Crippen LogP contribution in [0.4, 0.5) is 43.9 Å². The second-order valence-corrected chi connectivity index (χ2v) is 7.85. The summed E-state index contributed by atoms with van der Waals surface area (Å²) in [4.78, 5) is -1.57. The minimum Gasteiger partial charge on any atom is -0.219 e. The van der Waals surface area contributed by atoms with Gasteiger partial charge in [0.15, 0.2) is 9.84 Å². The molecule has 0 aliphatic rings. The lowest BCUT2D eigenvalue weighted by Crippen LogP contribution is -2.36. The van der Waals surface area contributed by atoms with Crippen molar-refractivity contribution in [2.75, 3.05) is 0 Å². The molecule has 0 bridgehead atoms. The quantitative estimate of drug-likeness (QED) is 0.383. The third-order valence-electron chi connectivity index (χ3n) is 3.48. The molecule has 0 aromatic carbocycles. The summed E-state index contributed by atoms with van der Waals surface area (Å²) in [5.41, 5.74) is 0. The van der Waals surface area contributed by atoms with Crippen molar-refractivity contribution in [1.82, 2.24) is 0 Å². The Hall–Kier alpha value is -1.27. The van der Waals surface area contributed by atoms with Crippen molar-refractivity contribution >= 4 is 9.84 Å². The van der Waals surface area contributed by atoms with Crippen LogP contribution in [-0.4, -0.2) is 32.6 Å². The fourth-order valence-electron chi connectivity index (χ4n) is 1.77. The molecule has 0 radical (unpaired) electrons. The molecule has 160 valence electrons. The molecule has 0 saturated heterocycles. The van der Waals surface area contributed by atoms with Gasteiger partial charge in [0.25, 0.3) is 0 Å². The maximum Gasteiger partial charge on any atom is 0.453 e. The van der Waals surface area contributed by atoms with E-state index >= 15 is 0 Å². The average molecular weight is 438 g/mol. The zero-order chi connectivity index (χ0) is 21.9. The van der Waals surface area contributed by atoms with Gasteiger partial charge in [0, 0.05) is 22.7 Å². The Morgan fingerprint density at radius 2 is 0.889 bits per heavy atom. The lowest BCUT2D eigenvalue weighted by molar-refractivity contribution is -0.284. The van der Waals surface area contributed by atoms with Crippen LogP contribution in [0, 0.1) is 0 Å². The van der Waals surface area contributed by atoms with Gasteiger partial charge < -0.3 is 0 Å². The molecule has 0 aromatic rings. The summed E-state index contributed by atoms with van der Waals surface area (Å²) >= 11 is 0. The van der Waals surface area contributed by atoms with Gasteiger partial charge in [-0.3, -0.25) is 0 Å². The minimum atomic E-state index is -5.81. The van der Waals surface area contributed by atoms with E-state index in [9.17, 15) is 52.3 Å². The second kappa shape index (κ2) is 8.39. The molecule has 0 saturated carbocycles. The Labute approximate surface area is 148 Å². The van der Waals surface area contributed by atoms with Crippen LogP contribution in [0.25, 0.3) is 0 Å². The molecule has 0 aliphatic carbocycles. The van der Waals surface area contributed by atoms with Crippen LogP contribution in [0.3, 0.4) is 0 Å². The lowest BCUT2D eigenvalue weighted by atomic mass is 10.1. The first kappa shape index (κ1) is 25.7. The fraction of sp³-hybridized carbons (Fsp3) is 0.714. The number of hydrogen-bond acceptors (Lipinski definition) is 2. The first-order chi connectivity index (χ1) is 11.8. The van der Waals surface area contributed by atoms with E-state index < -0.39 is 82.4 Å². The molecule has 0 unspecified atom stereocenters. The van der Waals surface area contributed by atoms with Crippen molar-refractivity contribution in [3.8, 4) is 0 Å². The van der Waals surface area contributed by atoms with Gasteiger partial charge in [-0.05, 0) is 25.7 Å². The zero-order valence-electron chi connectivity index (χ0n) is 13.7. The highest BCUT2D eigenvalue weighted by Gasteiger charge is 2.57. The fourth-order valence-corrected chi connectivity index (χ4v) is 3.01. The van der Waals surface area contributed by atoms with Gasteiger partial charge in [-0.2, -0.15) is 43.9 Å². The molecule has 0 heterocycles. The van der Waals surface area contributed by atoms with Crippen LogP contribution in [0.15, 0.2) is 23.0 Å². The van der Waals surface area contributed by atoms with Crippen molar-refractivity contribution < 1.29 is 52.3 Å². The molecule has 27 heavy (non-hydrogen) atoms. The Kier molecular flexibility index (Phi) is 8.00. The molecule has 13 heteroatoms. The molecule has 0 spiro atoms. The summed E-state index contributed by atoms with van der Waals surface area (Å²) in [6.07, 6.45) is -18.4. The van der Waals surface area contributed by atoms with Crippen LogP contribution in [0.1, 0.15) is 38.5 Å². The highest BCUT2D eigenvalue weighted by molar-refractivity contribution is 7.98. The molecular formula is C14H16F10O2S. The van der Waals surface area contributed by atoms with Crippen LogP contribution in [0.2, 0.25) is 0 Å². The standard InChI is InChI=1S/C14H16F10O2S/c1-9(5-3-7-11(15,16)13(19,20)21)27(25,26)10(2)6-4-8-12(17,18)14(22,23)24/h1-8H2. The number of halogens is 10. The number of alkyl halides is 10. The van der Waals surface area contributed by atoms with Crippen molar-refractivity contribution in [2.24, 2.45) is 0 Å². The third-order valence-corrected chi connectivity index (χ3v) is 5.41. The van der Waals surface area contributed by atoms with E-state index in [1.807, 2.05) is 0 Å². The first-order valence-electron chi connectivity index (χ1n) is 7.25. The molecule has 0 atom stereocenters. The monoisotopic (exact) mass is 438 g/mol. The summed E-state index contributed by atoms with van der Waals surface area (Å²) in [6, 6.07) is 0. The zero-order valence-corrected chi connectivity index (χ0v) is 14.5. The number of allylic oxidation sites excluding steroid dienone is 2. The van der Waals surface area contributed by atoms with Gasteiger partial charge in [-0.1, -0.05) is 13.2 Å². The van der Waals surface area contributed by atoms with Gasteiger partial charge in [0.2, 0.25) is 0 Å². The van der Waals surface area contributed by atoms with Crippen LogP contribution >= 0.6 is 0 Å². The largest absolute Gasteiger partial charge is 0.453 e. The Bertz CT molecular complexity index is 594. The van der Waals surface area contributed by atoms with E-state index in [-0.39, 0.29) is 0 Å². The molecule has 0 N–H and O–H groups in total. The van der Waals surface area contributed by atoms with Gasteiger partial charge in [0.1, 0.15) is 0 Å². The van der Waals surface area contributed by atoms with E-state index in [1.54, 1.807) is 0 Å². The number of hydrogen-bond donors (Lipinski definition) is 0. The predicted molar refractivity (Wildman–Crippen MR) is 76.9 cm³/mol. The van der Waals surface area contributed by atoms with Crippen molar-refractivity contribution in [3.63, 3.8) is 0 Å². The minimum absolute atomic E-state index is 0.784. The molecule has 2 nitrogen and oxygen atoms in total. The van der Waals surface area contributed by atoms with Gasteiger partial charge in [-0.15, -0.1) is 0 Å². The average Bonchev–Trinajstić information content (AvgIpc) is 2.43. The molecule has 0 rings (SSSR count). The lowest BCUT2D eigenvalue weighted by Gasteiger charge is -2.20. The summed E-state index contributed by atoms with van der Waals surface area (Å²) in [5, 5.41) is 0. The van der Waals surface area contributed by atoms with Gasteiger partial charge in [-0.25, -0.2) is 8.42 Å². The van der Waals surface area contributed by atoms with E-state index in [4.69, 9.17) is 0 Å². The third kappa shape index (κ3) is 7.00. The van der Waals surface area contributed by atoms with E-state index in [2.05, 4.69) is 13.2 Å². The number of sulfone groups is 1. The predicted octanol–water partition coefficient (Wildman–Crippen LogP) is 6.16. The SMILES string of the molecule is C=C(CCCC(F)(F)C(F)(F)F)S(=O)(=O)C(=C)CCCC(F)(F)C(F)(F)F. The summed E-state index contributed by atoms with van der Waals surface area (Å²) in [5.74, 6) is -10.1. The van der Waals surface area contributed by atoms with Gasteiger partial charge in [0.05, 0.1) is 0 Å². The van der Waals surface area contributed by atoms with Crippen LogP contribution in [-0.2, 0) is 9.84 Å². The normalized spacial score (nSPS) is 14.3. The van der Waals surface area contributed by atoms with Crippen LogP contribution < -0.4 is 0 Å². The second-order valence-electron chi connectivity index (χ2n) is 5.69. The summed E-state index contributed by atoms with van der Waals surface area (Å²) in [6.45, 7) is 6.04. The molecule has 0 amide bonds. The maximum atomic E-state index is 12.7. The van der Waals surface area contributed by atoms with E-state index in [1.165, 1.54) is 0 Å². The summed E-state index contributed by atoms with van der Waals surface area (Å²) in [7, 11) is -4.49. The first-order valence-corrected chi connectivity index (χ1v) is 8.74. The highest BCUT2D eigenvalue weighted by atomic mass is 32.2. The Balaban J connectivity index is 4.69. The Morgan fingerprint density at radius 3 is 1.11 bits per heavy atom. The molecule has 0 aromatic heterocycles. The smallest absolute Gasteiger partial charge is 0.219 e. The van der Waals surface area contributed by atoms with Gasteiger partial charge >= 0.3 is 24.2 Å². The van der Waals surface area contributed by atoms with Crippen molar-refractivity contribution in [3.05, 3.63) is 23.0 Å². The van der Waals surface area contributed by atoms with E-state index in [0.29, 0.717) is 0 Å². The molecule has 0 fully saturated rings. The summed E-state index contributed by atoms with van der Waals surface area (Å²) < 4.78 is 147. The van der Waals surface area contributed by atoms with E-state index in [0.717, 1.165) is 0 Å². The Morgan fingerprint density at radius 1 is 0.630 bits per heavy atom. The molecule has 0 aliphatic heterocycles. The molecular weight excluding hydrogens is 422 g/mol. The van der Waals surface area contributed by atoms with Crippen molar-refractivity contribution in [2.45, 2.75) is 62.7 Å². The number of rotatable bonds is 10. The topological polar surface area (TPSA) is 34.1 Å².